The highest BCUT2D eigenvalue weighted by Gasteiger charge is 2.39. The molecule has 3 atom stereocenters. The smallest absolute Gasteiger partial charge is 0.224 e. The highest BCUT2D eigenvalue weighted by atomic mass is 32.2. The number of rotatable bonds is 8. The lowest BCUT2D eigenvalue weighted by atomic mass is 10.0. The van der Waals surface area contributed by atoms with E-state index in [2.05, 4.69) is 4.72 Å². The first-order valence-corrected chi connectivity index (χ1v) is 11.0. The molecule has 29 heavy (non-hydrogen) atoms. The SMILES string of the molecule is N[C@@H](CC(=O)N1C[C@H](O)C[C@H]1CNS(=O)(=O)C1CC1)Cc1cc(F)c(F)cc1F. The van der Waals surface area contributed by atoms with Crippen LogP contribution < -0.4 is 10.5 Å². The van der Waals surface area contributed by atoms with Crippen molar-refractivity contribution in [2.24, 2.45) is 5.73 Å². The van der Waals surface area contributed by atoms with Crippen LogP contribution in [0, 0.1) is 17.5 Å². The molecule has 1 aliphatic heterocycles. The van der Waals surface area contributed by atoms with Gasteiger partial charge in [0.25, 0.3) is 0 Å². The topological polar surface area (TPSA) is 113 Å². The summed E-state index contributed by atoms with van der Waals surface area (Å²) in [7, 11) is -3.42. The Bertz CT molecular complexity index is 879. The number of nitrogens with one attached hydrogen (secondary N) is 1. The van der Waals surface area contributed by atoms with Gasteiger partial charge < -0.3 is 15.7 Å². The number of nitrogens with two attached hydrogens (primary N) is 1. The van der Waals surface area contributed by atoms with E-state index in [1.54, 1.807) is 0 Å². The average Bonchev–Trinajstić information content (AvgIpc) is 3.41. The lowest BCUT2D eigenvalue weighted by Crippen LogP contribution is -2.45. The summed E-state index contributed by atoms with van der Waals surface area (Å²) in [5.41, 5.74) is 5.76. The molecule has 1 heterocycles. The number of benzene rings is 1. The third-order valence-electron chi connectivity index (χ3n) is 5.20. The maximum absolute atomic E-state index is 13.8. The van der Waals surface area contributed by atoms with E-state index >= 15 is 0 Å². The number of sulfonamides is 1. The van der Waals surface area contributed by atoms with Crippen LogP contribution in [0.15, 0.2) is 12.1 Å². The van der Waals surface area contributed by atoms with Gasteiger partial charge in [-0.1, -0.05) is 0 Å². The van der Waals surface area contributed by atoms with Crippen molar-refractivity contribution in [2.75, 3.05) is 13.1 Å². The molecule has 1 aromatic carbocycles. The minimum Gasteiger partial charge on any atom is -0.391 e. The summed E-state index contributed by atoms with van der Waals surface area (Å²) in [5, 5.41) is 9.51. The molecule has 162 valence electrons. The highest BCUT2D eigenvalue weighted by molar-refractivity contribution is 7.90. The molecule has 0 unspecified atom stereocenters. The molecule has 11 heteroatoms. The van der Waals surface area contributed by atoms with Crippen molar-refractivity contribution in [3.8, 4) is 0 Å². The molecule has 2 fully saturated rings. The zero-order valence-corrected chi connectivity index (χ0v) is 16.5. The second-order valence-corrected chi connectivity index (χ2v) is 9.75. The molecule has 1 saturated heterocycles. The largest absolute Gasteiger partial charge is 0.391 e. The molecule has 4 N–H and O–H groups in total. The van der Waals surface area contributed by atoms with Gasteiger partial charge in [0.15, 0.2) is 11.6 Å². The Hall–Kier alpha value is -1.69. The number of carbonyl (C=O) groups is 1. The van der Waals surface area contributed by atoms with Crippen molar-refractivity contribution in [1.29, 1.82) is 0 Å². The van der Waals surface area contributed by atoms with Gasteiger partial charge in [0, 0.05) is 37.7 Å². The number of nitrogens with zero attached hydrogens (tertiary/aromatic N) is 1. The zero-order valence-electron chi connectivity index (χ0n) is 15.7. The second kappa shape index (κ2) is 8.58. The summed E-state index contributed by atoms with van der Waals surface area (Å²) in [6.45, 7) is 0.0373. The molecular formula is C18H24F3N3O4S. The molecule has 0 aromatic heterocycles. The summed E-state index contributed by atoms with van der Waals surface area (Å²) in [5.74, 6) is -3.88. The van der Waals surface area contributed by atoms with Crippen LogP contribution in [0.4, 0.5) is 13.2 Å². The van der Waals surface area contributed by atoms with Gasteiger partial charge in [-0.15, -0.1) is 0 Å². The predicted octanol–water partition coefficient (Wildman–Crippen LogP) is 0.407. The first-order chi connectivity index (χ1) is 13.6. The Kier molecular flexibility index (Phi) is 6.51. The highest BCUT2D eigenvalue weighted by Crippen LogP contribution is 2.28. The maximum Gasteiger partial charge on any atom is 0.224 e. The number of amides is 1. The van der Waals surface area contributed by atoms with Gasteiger partial charge in [0.05, 0.1) is 11.4 Å². The molecule has 0 radical (unpaired) electrons. The van der Waals surface area contributed by atoms with E-state index in [1.165, 1.54) is 4.90 Å². The van der Waals surface area contributed by atoms with Gasteiger partial charge in [-0.2, -0.15) is 0 Å². The summed E-state index contributed by atoms with van der Waals surface area (Å²) < 4.78 is 66.6. The van der Waals surface area contributed by atoms with Crippen LogP contribution in [0.3, 0.4) is 0 Å². The van der Waals surface area contributed by atoms with E-state index in [1.807, 2.05) is 0 Å². The maximum atomic E-state index is 13.8. The molecular weight excluding hydrogens is 411 g/mol. The molecule has 1 saturated carbocycles. The summed E-state index contributed by atoms with van der Waals surface area (Å²) in [6.07, 6.45) is 0.281. The Morgan fingerprint density at radius 3 is 2.55 bits per heavy atom. The summed E-state index contributed by atoms with van der Waals surface area (Å²) in [6, 6.07) is -0.232. The standard InChI is InChI=1S/C18H24F3N3O4S/c19-15-7-17(21)16(20)4-10(15)3-11(22)5-18(26)24-9-13(25)6-12(24)8-23-29(27,28)14-1-2-14/h4,7,11-14,23,25H,1-3,5-6,8-9,22H2/t11-,12+,13-/m1/s1. The number of β-amino-alcohol motifs (C(OH)–C–C–N with tert-alkyl or cyclic N) is 1. The third-order valence-corrected chi connectivity index (χ3v) is 7.12. The number of hydrogen-bond donors (Lipinski definition) is 3. The van der Waals surface area contributed by atoms with Gasteiger partial charge in [0.1, 0.15) is 5.82 Å². The van der Waals surface area contributed by atoms with Crippen LogP contribution in [0.2, 0.25) is 0 Å². The molecule has 0 spiro atoms. The van der Waals surface area contributed by atoms with Gasteiger partial charge in [0.2, 0.25) is 15.9 Å². The molecule has 7 nitrogen and oxygen atoms in total. The lowest BCUT2D eigenvalue weighted by molar-refractivity contribution is -0.132. The van der Waals surface area contributed by atoms with E-state index in [4.69, 9.17) is 5.73 Å². The van der Waals surface area contributed by atoms with Crippen molar-refractivity contribution in [3.63, 3.8) is 0 Å². The van der Waals surface area contributed by atoms with E-state index in [9.17, 15) is 31.5 Å². The van der Waals surface area contributed by atoms with E-state index in [0.717, 1.165) is 0 Å². The quantitative estimate of drug-likeness (QED) is 0.512. The van der Waals surface area contributed by atoms with Crippen LogP contribution in [-0.4, -0.2) is 60.9 Å². The minimum atomic E-state index is -3.42. The third kappa shape index (κ3) is 5.47. The number of aliphatic hydroxyl groups excluding tert-OH is 1. The van der Waals surface area contributed by atoms with E-state index < -0.39 is 56.8 Å². The molecule has 2 aliphatic rings. The number of carbonyl (C=O) groups excluding carboxylic acids is 1. The molecule has 1 aliphatic carbocycles. The first kappa shape index (κ1) is 22.0. The van der Waals surface area contributed by atoms with Crippen molar-refractivity contribution >= 4 is 15.9 Å². The molecule has 0 bridgehead atoms. The van der Waals surface area contributed by atoms with Gasteiger partial charge in [-0.05, 0) is 37.3 Å². The van der Waals surface area contributed by atoms with Gasteiger partial charge in [-0.25, -0.2) is 26.3 Å². The molecule has 1 amide bonds. The Morgan fingerprint density at radius 1 is 1.24 bits per heavy atom. The monoisotopic (exact) mass is 435 g/mol. The molecule has 1 aromatic rings. The van der Waals surface area contributed by atoms with Crippen molar-refractivity contribution in [1.82, 2.24) is 9.62 Å². The van der Waals surface area contributed by atoms with E-state index in [-0.39, 0.29) is 37.9 Å². The van der Waals surface area contributed by atoms with Crippen molar-refractivity contribution < 1.29 is 31.5 Å². The fourth-order valence-corrected chi connectivity index (χ4v) is 4.93. The zero-order chi connectivity index (χ0) is 21.3. The summed E-state index contributed by atoms with van der Waals surface area (Å²) in [4.78, 5) is 14.0. The Balaban J connectivity index is 1.58. The summed E-state index contributed by atoms with van der Waals surface area (Å²) >= 11 is 0. The van der Waals surface area contributed by atoms with E-state index in [0.29, 0.717) is 25.0 Å². The number of aliphatic hydroxyl groups is 1. The first-order valence-electron chi connectivity index (χ1n) is 9.42. The van der Waals surface area contributed by atoms with Crippen LogP contribution in [-0.2, 0) is 21.2 Å². The lowest BCUT2D eigenvalue weighted by Gasteiger charge is -2.26. The van der Waals surface area contributed by atoms with Crippen molar-refractivity contribution in [2.45, 2.75) is 55.5 Å². The Labute approximate surface area is 167 Å². The average molecular weight is 435 g/mol. The van der Waals surface area contributed by atoms with Gasteiger partial charge in [-0.3, -0.25) is 4.79 Å². The van der Waals surface area contributed by atoms with Crippen LogP contribution in [0.25, 0.3) is 0 Å². The number of likely N-dealkylation sites (tertiary alicyclic amines) is 1. The van der Waals surface area contributed by atoms with Crippen molar-refractivity contribution in [3.05, 3.63) is 35.1 Å². The van der Waals surface area contributed by atoms with Crippen LogP contribution >= 0.6 is 0 Å². The second-order valence-electron chi connectivity index (χ2n) is 7.71. The normalized spacial score (nSPS) is 23.4. The Morgan fingerprint density at radius 2 is 1.90 bits per heavy atom. The molecule has 3 rings (SSSR count). The predicted molar refractivity (Wildman–Crippen MR) is 98.7 cm³/mol. The fraction of sp³-hybridized carbons (Fsp3) is 0.611. The van der Waals surface area contributed by atoms with Crippen LogP contribution in [0.5, 0.6) is 0 Å². The number of halogens is 3. The number of hydrogen-bond acceptors (Lipinski definition) is 5. The van der Waals surface area contributed by atoms with Crippen LogP contribution in [0.1, 0.15) is 31.2 Å². The fourth-order valence-electron chi connectivity index (χ4n) is 3.52. The van der Waals surface area contributed by atoms with Gasteiger partial charge >= 0.3 is 0 Å². The minimum absolute atomic E-state index is 0.00528.